The van der Waals surface area contributed by atoms with Gasteiger partial charge in [-0.15, -0.1) is 0 Å². The summed E-state index contributed by atoms with van der Waals surface area (Å²) in [6, 6.07) is 6.74. The SMILES string of the molecule is Cc1ccc(C(C)C)cc1OCCC(C)(CO)NC(C)C. The van der Waals surface area contributed by atoms with Crippen LogP contribution in [0.2, 0.25) is 0 Å². The number of aliphatic hydroxyl groups excluding tert-OH is 1. The van der Waals surface area contributed by atoms with Gasteiger partial charge in [-0.3, -0.25) is 0 Å². The monoisotopic (exact) mass is 293 g/mol. The molecule has 0 spiro atoms. The van der Waals surface area contributed by atoms with Crippen LogP contribution in [0.15, 0.2) is 18.2 Å². The predicted molar refractivity (Wildman–Crippen MR) is 89.1 cm³/mol. The lowest BCUT2D eigenvalue weighted by molar-refractivity contribution is 0.136. The summed E-state index contributed by atoms with van der Waals surface area (Å²) < 4.78 is 5.96. The fourth-order valence-corrected chi connectivity index (χ4v) is 2.41. The van der Waals surface area contributed by atoms with Gasteiger partial charge in [0.15, 0.2) is 0 Å². The van der Waals surface area contributed by atoms with Gasteiger partial charge in [0, 0.05) is 18.0 Å². The highest BCUT2D eigenvalue weighted by Gasteiger charge is 2.23. The first kappa shape index (κ1) is 18.0. The van der Waals surface area contributed by atoms with Gasteiger partial charge in [-0.2, -0.15) is 0 Å². The van der Waals surface area contributed by atoms with E-state index in [0.717, 1.165) is 17.7 Å². The number of hydrogen-bond acceptors (Lipinski definition) is 3. The first-order valence-corrected chi connectivity index (χ1v) is 7.89. The molecular weight excluding hydrogens is 262 g/mol. The van der Waals surface area contributed by atoms with Crippen molar-refractivity contribution in [1.82, 2.24) is 5.32 Å². The molecule has 0 radical (unpaired) electrons. The maximum absolute atomic E-state index is 9.58. The highest BCUT2D eigenvalue weighted by atomic mass is 16.5. The maximum atomic E-state index is 9.58. The lowest BCUT2D eigenvalue weighted by Crippen LogP contribution is -2.50. The fraction of sp³-hybridized carbons (Fsp3) is 0.667. The van der Waals surface area contributed by atoms with E-state index < -0.39 is 0 Å². The highest BCUT2D eigenvalue weighted by Crippen LogP contribution is 2.25. The average Bonchev–Trinajstić information content (AvgIpc) is 2.39. The third-order valence-corrected chi connectivity index (χ3v) is 3.78. The van der Waals surface area contributed by atoms with E-state index in [9.17, 15) is 5.11 Å². The molecule has 1 rings (SSSR count). The summed E-state index contributed by atoms with van der Waals surface area (Å²) in [6.07, 6.45) is 0.771. The van der Waals surface area contributed by atoms with Gasteiger partial charge >= 0.3 is 0 Å². The molecule has 1 atom stereocenters. The van der Waals surface area contributed by atoms with Crippen LogP contribution in [0.1, 0.15) is 58.1 Å². The largest absolute Gasteiger partial charge is 0.493 e. The van der Waals surface area contributed by atoms with Gasteiger partial charge in [-0.25, -0.2) is 0 Å². The Bertz CT molecular complexity index is 443. The molecule has 0 bridgehead atoms. The zero-order valence-electron chi connectivity index (χ0n) is 14.4. The van der Waals surface area contributed by atoms with E-state index in [2.05, 4.69) is 58.1 Å². The smallest absolute Gasteiger partial charge is 0.122 e. The Morgan fingerprint density at radius 1 is 1.24 bits per heavy atom. The van der Waals surface area contributed by atoms with E-state index in [4.69, 9.17) is 4.74 Å². The second-order valence-electron chi connectivity index (χ2n) is 6.80. The molecule has 3 heteroatoms. The van der Waals surface area contributed by atoms with Crippen molar-refractivity contribution < 1.29 is 9.84 Å². The topological polar surface area (TPSA) is 41.5 Å². The third-order valence-electron chi connectivity index (χ3n) is 3.78. The normalized spacial score (nSPS) is 14.5. The molecular formula is C18H31NO2. The van der Waals surface area contributed by atoms with Gasteiger partial charge in [-0.05, 0) is 37.0 Å². The van der Waals surface area contributed by atoms with Crippen molar-refractivity contribution in [3.63, 3.8) is 0 Å². The Morgan fingerprint density at radius 3 is 2.43 bits per heavy atom. The van der Waals surface area contributed by atoms with Gasteiger partial charge < -0.3 is 15.2 Å². The number of ether oxygens (including phenoxy) is 1. The molecule has 1 aromatic carbocycles. The van der Waals surface area contributed by atoms with Gasteiger partial charge in [0.1, 0.15) is 5.75 Å². The molecule has 0 aliphatic rings. The van der Waals surface area contributed by atoms with Gasteiger partial charge in [-0.1, -0.05) is 39.8 Å². The molecule has 3 nitrogen and oxygen atoms in total. The van der Waals surface area contributed by atoms with Crippen molar-refractivity contribution in [2.75, 3.05) is 13.2 Å². The van der Waals surface area contributed by atoms with Crippen molar-refractivity contribution in [2.45, 2.75) is 65.5 Å². The van der Waals surface area contributed by atoms with Crippen LogP contribution < -0.4 is 10.1 Å². The molecule has 1 aromatic rings. The molecule has 0 amide bonds. The summed E-state index contributed by atoms with van der Waals surface area (Å²) in [5.41, 5.74) is 2.15. The van der Waals surface area contributed by atoms with E-state index in [1.807, 2.05) is 6.92 Å². The van der Waals surface area contributed by atoms with Crippen molar-refractivity contribution in [2.24, 2.45) is 0 Å². The minimum Gasteiger partial charge on any atom is -0.493 e. The minimum absolute atomic E-state index is 0.111. The van der Waals surface area contributed by atoms with Crippen molar-refractivity contribution in [3.8, 4) is 5.75 Å². The standard InChI is InChI=1S/C18H31NO2/c1-13(2)16-8-7-15(5)17(11-16)21-10-9-18(6,12-20)19-14(3)4/h7-8,11,13-14,19-20H,9-10,12H2,1-6H3. The van der Waals surface area contributed by atoms with Crippen LogP contribution in [0.5, 0.6) is 5.75 Å². The first-order valence-electron chi connectivity index (χ1n) is 7.89. The van der Waals surface area contributed by atoms with E-state index in [1.165, 1.54) is 5.56 Å². The zero-order chi connectivity index (χ0) is 16.0. The summed E-state index contributed by atoms with van der Waals surface area (Å²) in [6.45, 7) is 13.4. The number of aliphatic hydroxyl groups is 1. The lowest BCUT2D eigenvalue weighted by atomic mass is 9.98. The van der Waals surface area contributed by atoms with E-state index in [-0.39, 0.29) is 12.1 Å². The molecule has 0 aromatic heterocycles. The molecule has 0 aliphatic carbocycles. The second-order valence-corrected chi connectivity index (χ2v) is 6.80. The number of nitrogens with one attached hydrogen (secondary N) is 1. The van der Waals surface area contributed by atoms with Crippen LogP contribution in [0, 0.1) is 6.92 Å². The van der Waals surface area contributed by atoms with Crippen LogP contribution in [0.4, 0.5) is 0 Å². The fourth-order valence-electron chi connectivity index (χ4n) is 2.41. The molecule has 0 heterocycles. The average molecular weight is 293 g/mol. The number of aryl methyl sites for hydroxylation is 1. The Kier molecular flexibility index (Phi) is 6.69. The number of rotatable bonds is 8. The van der Waals surface area contributed by atoms with Crippen LogP contribution in [0.25, 0.3) is 0 Å². The molecule has 0 fully saturated rings. The summed E-state index contributed by atoms with van der Waals surface area (Å²) in [5.74, 6) is 1.45. The third kappa shape index (κ3) is 5.68. The number of benzene rings is 1. The van der Waals surface area contributed by atoms with E-state index in [1.54, 1.807) is 0 Å². The van der Waals surface area contributed by atoms with Gasteiger partial charge in [0.05, 0.1) is 13.2 Å². The lowest BCUT2D eigenvalue weighted by Gasteiger charge is -2.31. The van der Waals surface area contributed by atoms with Crippen LogP contribution in [-0.2, 0) is 0 Å². The van der Waals surface area contributed by atoms with Crippen LogP contribution in [0.3, 0.4) is 0 Å². The minimum atomic E-state index is -0.294. The second kappa shape index (κ2) is 7.81. The van der Waals surface area contributed by atoms with E-state index >= 15 is 0 Å². The van der Waals surface area contributed by atoms with Crippen LogP contribution in [-0.4, -0.2) is 29.9 Å². The highest BCUT2D eigenvalue weighted by molar-refractivity contribution is 5.37. The molecule has 1 unspecified atom stereocenters. The quantitative estimate of drug-likeness (QED) is 0.769. The molecule has 0 saturated heterocycles. The first-order chi connectivity index (χ1) is 9.77. The summed E-state index contributed by atoms with van der Waals surface area (Å²) in [7, 11) is 0. The van der Waals surface area contributed by atoms with Crippen molar-refractivity contribution >= 4 is 0 Å². The maximum Gasteiger partial charge on any atom is 0.122 e. The predicted octanol–water partition coefficient (Wildman–Crippen LogP) is 3.64. The summed E-state index contributed by atoms with van der Waals surface area (Å²) in [5, 5.41) is 13.0. The van der Waals surface area contributed by atoms with Gasteiger partial charge in [0.2, 0.25) is 0 Å². The summed E-state index contributed by atoms with van der Waals surface area (Å²) in [4.78, 5) is 0. The zero-order valence-corrected chi connectivity index (χ0v) is 14.4. The van der Waals surface area contributed by atoms with Crippen LogP contribution >= 0.6 is 0 Å². The van der Waals surface area contributed by atoms with Gasteiger partial charge in [0.25, 0.3) is 0 Å². The molecule has 120 valence electrons. The number of hydrogen-bond donors (Lipinski definition) is 2. The Hall–Kier alpha value is -1.06. The van der Waals surface area contributed by atoms with Crippen molar-refractivity contribution in [3.05, 3.63) is 29.3 Å². The molecule has 0 saturated carbocycles. The molecule has 0 aliphatic heterocycles. The Morgan fingerprint density at radius 2 is 1.90 bits per heavy atom. The Balaban J connectivity index is 2.64. The Labute approximate surface area is 129 Å². The van der Waals surface area contributed by atoms with Crippen molar-refractivity contribution in [1.29, 1.82) is 0 Å². The molecule has 21 heavy (non-hydrogen) atoms. The molecule has 2 N–H and O–H groups in total. The summed E-state index contributed by atoms with van der Waals surface area (Å²) >= 11 is 0. The van der Waals surface area contributed by atoms with E-state index in [0.29, 0.717) is 18.6 Å².